The number of hydrogen-bond donors (Lipinski definition) is 1. The molecule has 0 aliphatic carbocycles. The van der Waals surface area contributed by atoms with Crippen molar-refractivity contribution in [3.05, 3.63) is 69.7 Å². The molecule has 0 spiro atoms. The monoisotopic (exact) mass is 462 g/mol. The summed E-state index contributed by atoms with van der Waals surface area (Å²) in [5.41, 5.74) is 0.818. The minimum atomic E-state index is -3.67. The fourth-order valence-electron chi connectivity index (χ4n) is 3.80. The van der Waals surface area contributed by atoms with Gasteiger partial charge in [0.2, 0.25) is 17.6 Å². The molecule has 32 heavy (non-hydrogen) atoms. The Morgan fingerprint density at radius 1 is 1.22 bits per heavy atom. The van der Waals surface area contributed by atoms with Crippen molar-refractivity contribution in [2.75, 3.05) is 0 Å². The van der Waals surface area contributed by atoms with Gasteiger partial charge in [0.25, 0.3) is 5.91 Å². The Kier molecular flexibility index (Phi) is 5.15. The van der Waals surface area contributed by atoms with Gasteiger partial charge in [-0.2, -0.15) is 8.78 Å². The lowest BCUT2D eigenvalue weighted by Gasteiger charge is -2.29. The summed E-state index contributed by atoms with van der Waals surface area (Å²) < 4.78 is 45.1. The van der Waals surface area contributed by atoms with Crippen LogP contribution in [0.3, 0.4) is 0 Å². The van der Waals surface area contributed by atoms with Crippen molar-refractivity contribution in [2.45, 2.75) is 44.2 Å². The highest BCUT2D eigenvalue weighted by molar-refractivity contribution is 6.30. The largest absolute Gasteiger partial charge is 0.330 e. The van der Waals surface area contributed by atoms with E-state index in [1.807, 2.05) is 0 Å². The van der Waals surface area contributed by atoms with Crippen LogP contribution in [0.5, 0.6) is 0 Å². The van der Waals surface area contributed by atoms with E-state index < -0.39 is 47.4 Å². The molecule has 0 aromatic heterocycles. The molecule has 1 atom stereocenters. The van der Waals surface area contributed by atoms with Gasteiger partial charge in [-0.3, -0.25) is 24.5 Å². The zero-order valence-corrected chi connectivity index (χ0v) is 17.5. The maximum absolute atomic E-state index is 14.5. The number of nitrogens with one attached hydrogen (secondary N) is 1. The van der Waals surface area contributed by atoms with Crippen LogP contribution in [0.25, 0.3) is 0 Å². The number of amides is 3. The summed E-state index contributed by atoms with van der Waals surface area (Å²) in [5, 5.41) is 0.394. The lowest BCUT2D eigenvalue weighted by atomic mass is 9.97. The molecular weight excluding hydrogens is 442 g/mol. The van der Waals surface area contributed by atoms with E-state index in [2.05, 4.69) is 0 Å². The number of imide groups is 1. The molecule has 1 fully saturated rings. The molecule has 1 N–H and O–H groups in total. The van der Waals surface area contributed by atoms with E-state index in [1.165, 1.54) is 24.3 Å². The topological polar surface area (TPSA) is 83.6 Å². The zero-order valence-electron chi connectivity index (χ0n) is 18.7. The van der Waals surface area contributed by atoms with E-state index in [0.717, 1.165) is 17.0 Å². The van der Waals surface area contributed by atoms with Gasteiger partial charge >= 0.3 is 5.92 Å². The van der Waals surface area contributed by atoms with Crippen LogP contribution in [0, 0.1) is 0 Å². The first-order valence-corrected chi connectivity index (χ1v) is 10.3. The van der Waals surface area contributed by atoms with Gasteiger partial charge in [0, 0.05) is 35.5 Å². The predicted octanol–water partition coefficient (Wildman–Crippen LogP) is 3.39. The molecular formula is C23H19ClF2N2O4. The van der Waals surface area contributed by atoms with E-state index in [-0.39, 0.29) is 41.7 Å². The third-order valence-corrected chi connectivity index (χ3v) is 5.80. The summed E-state index contributed by atoms with van der Waals surface area (Å²) in [6, 6.07) is 7.28. The summed E-state index contributed by atoms with van der Waals surface area (Å²) >= 11 is 5.71. The molecule has 2 heterocycles. The van der Waals surface area contributed by atoms with Crippen LogP contribution in [0.1, 0.15) is 47.7 Å². The number of Topliss-reactive ketones (excluding diaryl/α,β-unsaturated/α-hetero) is 1. The first-order chi connectivity index (χ1) is 15.9. The standard InChI is InChI=1S/C23H19ClF2N2O4/c24-16-5-3-15(4-6-16)23(25,26)19(29)9-2-13-1-7-17-14(11-13)12-28(22(17)32)18-8-10-20(30)27-21(18)31/h1,3-7,11,18H,2,8-10,12H2,(H,27,30,31)/t18-/m1/s1/i18D/hD. The fraction of sp³-hybridized carbons (Fsp3) is 0.304. The van der Waals surface area contributed by atoms with Crippen LogP contribution in [0.2, 0.25) is 6.43 Å². The first kappa shape index (κ1) is 19.5. The first-order valence-electron chi connectivity index (χ1n) is 10.9. The van der Waals surface area contributed by atoms with Crippen molar-refractivity contribution < 1.29 is 30.7 Å². The number of carbonyl (C=O) groups is 4. The molecule has 166 valence electrons. The molecule has 0 unspecified atom stereocenters. The second-order valence-electron chi connectivity index (χ2n) is 7.64. The average Bonchev–Trinajstić information content (AvgIpc) is 3.15. The number of ketones is 1. The maximum Gasteiger partial charge on any atom is 0.330 e. The number of hydrogen-bond acceptors (Lipinski definition) is 4. The Morgan fingerprint density at radius 3 is 2.66 bits per heavy atom. The van der Waals surface area contributed by atoms with Crippen LogP contribution >= 0.6 is 11.6 Å². The number of fused-ring (bicyclic) bond motifs is 1. The Balaban J connectivity index is 1.47. The van der Waals surface area contributed by atoms with Gasteiger partial charge in [0.1, 0.15) is 6.02 Å². The molecule has 3 amide bonds. The van der Waals surface area contributed by atoms with E-state index in [4.69, 9.17) is 14.4 Å². The molecule has 2 aromatic carbocycles. The quantitative estimate of drug-likeness (QED) is 0.667. The second-order valence-corrected chi connectivity index (χ2v) is 8.08. The molecule has 0 saturated carbocycles. The minimum absolute atomic E-state index is 0.00340. The van der Waals surface area contributed by atoms with Crippen LogP contribution in [0.15, 0.2) is 42.5 Å². The third kappa shape index (κ3) is 4.14. The molecule has 2 aromatic rings. The smallest absolute Gasteiger partial charge is 0.322 e. The number of nitrogens with zero attached hydrogens (tertiary/aromatic N) is 1. The zero-order chi connectivity index (χ0) is 24.8. The van der Waals surface area contributed by atoms with Crippen molar-refractivity contribution in [3.63, 3.8) is 0 Å². The highest BCUT2D eigenvalue weighted by Gasteiger charge is 2.41. The van der Waals surface area contributed by atoms with Crippen LogP contribution in [-0.2, 0) is 33.3 Å². The molecule has 2 aliphatic heterocycles. The summed E-state index contributed by atoms with van der Waals surface area (Å²) in [4.78, 5) is 50.1. The molecule has 0 bridgehead atoms. The molecule has 4 rings (SSSR count). The summed E-state index contributed by atoms with van der Waals surface area (Å²) in [6.45, 7) is -0.103. The van der Waals surface area contributed by atoms with Gasteiger partial charge in [-0.25, -0.2) is 0 Å². The van der Waals surface area contributed by atoms with Crippen LogP contribution in [-0.4, -0.2) is 34.4 Å². The van der Waals surface area contributed by atoms with Gasteiger partial charge in [-0.1, -0.05) is 35.9 Å². The maximum atomic E-state index is 14.5. The lowest BCUT2D eigenvalue weighted by molar-refractivity contribution is -0.144. The highest BCUT2D eigenvalue weighted by atomic mass is 35.5. The Labute approximate surface area is 190 Å². The fourth-order valence-corrected chi connectivity index (χ4v) is 3.92. The lowest BCUT2D eigenvalue weighted by Crippen LogP contribution is -2.52. The van der Waals surface area contributed by atoms with Gasteiger partial charge in [0.05, 0.1) is 1.37 Å². The van der Waals surface area contributed by atoms with Crippen LogP contribution in [0.4, 0.5) is 8.78 Å². The van der Waals surface area contributed by atoms with Crippen molar-refractivity contribution in [3.8, 4) is 0 Å². The predicted molar refractivity (Wildman–Crippen MR) is 111 cm³/mol. The number of aryl methyl sites for hydroxylation is 1. The molecule has 2 aliphatic rings. The van der Waals surface area contributed by atoms with Crippen LogP contribution < -0.4 is 5.31 Å². The normalized spacial score (nSPS) is 22.0. The highest BCUT2D eigenvalue weighted by Crippen LogP contribution is 2.32. The SMILES string of the molecule is [2H]N1C(=O)CC[C@@]([2H])(N2Cc3cc(CCC(=O)C(F)(F)c4ccc(Cl)cc4)ccc3C2=O)C1=O. The molecule has 6 nitrogen and oxygen atoms in total. The van der Waals surface area contributed by atoms with E-state index >= 15 is 0 Å². The van der Waals surface area contributed by atoms with Crippen molar-refractivity contribution in [2.24, 2.45) is 0 Å². The number of halogens is 3. The number of carbonyl (C=O) groups excluding carboxylic acids is 4. The van der Waals surface area contributed by atoms with Gasteiger partial charge in [-0.15, -0.1) is 0 Å². The van der Waals surface area contributed by atoms with E-state index in [0.29, 0.717) is 11.1 Å². The van der Waals surface area contributed by atoms with Crippen molar-refractivity contribution in [1.82, 2.24) is 10.2 Å². The number of piperidine rings is 1. The van der Waals surface area contributed by atoms with Crippen molar-refractivity contribution >= 4 is 35.1 Å². The summed E-state index contributed by atoms with van der Waals surface area (Å²) in [5.74, 6) is -7.35. The number of rotatable bonds is 6. The summed E-state index contributed by atoms with van der Waals surface area (Å²) in [7, 11) is 0. The number of alkyl halides is 2. The Hall–Kier alpha value is -3.13. The molecule has 0 radical (unpaired) electrons. The average molecular weight is 463 g/mol. The van der Waals surface area contributed by atoms with E-state index in [1.54, 1.807) is 6.07 Å². The van der Waals surface area contributed by atoms with Gasteiger partial charge in [-0.05, 0) is 42.2 Å². The molecule has 9 heteroatoms. The second kappa shape index (κ2) is 8.43. The molecule has 1 saturated heterocycles. The minimum Gasteiger partial charge on any atom is -0.322 e. The van der Waals surface area contributed by atoms with Crippen molar-refractivity contribution in [1.29, 1.82) is 0 Å². The Bertz CT molecular complexity index is 1210. The number of benzene rings is 2. The van der Waals surface area contributed by atoms with Gasteiger partial charge < -0.3 is 4.90 Å². The Morgan fingerprint density at radius 2 is 1.94 bits per heavy atom. The summed E-state index contributed by atoms with van der Waals surface area (Å²) in [6.07, 6.45) is -0.874. The van der Waals surface area contributed by atoms with E-state index in [9.17, 15) is 28.0 Å². The van der Waals surface area contributed by atoms with Gasteiger partial charge in [0.15, 0.2) is 1.41 Å². The third-order valence-electron chi connectivity index (χ3n) is 5.55.